The summed E-state index contributed by atoms with van der Waals surface area (Å²) in [6.07, 6.45) is -2.39. The Balaban J connectivity index is 2.22. The fraction of sp³-hybridized carbons (Fsp3) is 0.333. The van der Waals surface area contributed by atoms with Crippen LogP contribution in [0.3, 0.4) is 0 Å². The van der Waals surface area contributed by atoms with Gasteiger partial charge in [0.2, 0.25) is 0 Å². The zero-order valence-corrected chi connectivity index (χ0v) is 13.4. The fourth-order valence-corrected chi connectivity index (χ4v) is 2.31. The summed E-state index contributed by atoms with van der Waals surface area (Å²) in [5, 5.41) is 13.4. The van der Waals surface area contributed by atoms with Crippen LogP contribution in [0.25, 0.3) is 6.08 Å². The van der Waals surface area contributed by atoms with E-state index in [9.17, 15) is 28.1 Å². The normalized spacial score (nSPS) is 18.0. The number of hydrogen-bond donors (Lipinski definition) is 1. The van der Waals surface area contributed by atoms with E-state index < -0.39 is 35.3 Å². The van der Waals surface area contributed by atoms with Gasteiger partial charge in [0, 0.05) is 26.6 Å². The molecule has 0 aliphatic carbocycles. The van der Waals surface area contributed by atoms with Gasteiger partial charge in [0.05, 0.1) is 11.0 Å². The van der Waals surface area contributed by atoms with E-state index in [1.165, 1.54) is 18.2 Å². The average molecular weight is 356 g/mol. The number of alkyl halides is 3. The summed E-state index contributed by atoms with van der Waals surface area (Å²) in [4.78, 5) is 26.4. The highest BCUT2D eigenvalue weighted by molar-refractivity contribution is 6.01. The molecule has 2 amide bonds. The van der Waals surface area contributed by atoms with E-state index in [-0.39, 0.29) is 5.69 Å². The lowest BCUT2D eigenvalue weighted by molar-refractivity contribution is -0.384. The molecule has 1 aromatic carbocycles. The summed E-state index contributed by atoms with van der Waals surface area (Å²) in [7, 11) is 3.32. The molecule has 0 spiro atoms. The van der Waals surface area contributed by atoms with Crippen LogP contribution in [0.5, 0.6) is 0 Å². The molecular weight excluding hydrogens is 341 g/mol. The number of carbonyl (C=O) groups excluding carboxylic acids is 1. The van der Waals surface area contributed by atoms with Gasteiger partial charge in [-0.1, -0.05) is 18.2 Å². The first kappa shape index (κ1) is 18.4. The van der Waals surface area contributed by atoms with Crippen LogP contribution in [0.2, 0.25) is 0 Å². The number of rotatable bonds is 4. The van der Waals surface area contributed by atoms with Crippen molar-refractivity contribution in [2.24, 2.45) is 4.99 Å². The first-order valence-electron chi connectivity index (χ1n) is 7.17. The average Bonchev–Trinajstić information content (AvgIpc) is 2.51. The number of nitro benzene ring substituents is 1. The van der Waals surface area contributed by atoms with Crippen molar-refractivity contribution >= 4 is 29.2 Å². The van der Waals surface area contributed by atoms with Crippen LogP contribution in [0, 0.1) is 10.1 Å². The molecule has 0 aromatic heterocycles. The molecule has 1 N–H and O–H groups in total. The number of aliphatic imine (C=N–C) groups is 1. The largest absolute Gasteiger partial charge is 0.429 e. The Hall–Kier alpha value is -2.91. The van der Waals surface area contributed by atoms with E-state index in [0.29, 0.717) is 11.3 Å². The van der Waals surface area contributed by atoms with Crippen molar-refractivity contribution in [3.63, 3.8) is 0 Å². The lowest BCUT2D eigenvalue weighted by Crippen LogP contribution is -2.42. The monoisotopic (exact) mass is 356 g/mol. The van der Waals surface area contributed by atoms with Crippen molar-refractivity contribution in [3.05, 3.63) is 40.0 Å². The molecule has 1 unspecified atom stereocenters. The van der Waals surface area contributed by atoms with Gasteiger partial charge in [0.15, 0.2) is 0 Å². The highest BCUT2D eigenvalue weighted by Crippen LogP contribution is 2.28. The summed E-state index contributed by atoms with van der Waals surface area (Å²) >= 11 is 0. The number of benzene rings is 1. The topological polar surface area (TPSA) is 87.8 Å². The Kier molecular flexibility index (Phi) is 5.10. The molecule has 1 aromatic rings. The second-order valence-corrected chi connectivity index (χ2v) is 5.58. The lowest BCUT2D eigenvalue weighted by atomic mass is 10.1. The van der Waals surface area contributed by atoms with Crippen molar-refractivity contribution in [1.29, 1.82) is 0 Å². The van der Waals surface area contributed by atoms with Crippen LogP contribution < -0.4 is 10.2 Å². The minimum absolute atomic E-state index is 0.127. The van der Waals surface area contributed by atoms with Crippen LogP contribution in [-0.2, 0) is 0 Å². The van der Waals surface area contributed by atoms with Crippen LogP contribution in [0.4, 0.5) is 29.3 Å². The molecule has 1 aliphatic rings. The Morgan fingerprint density at radius 1 is 1.40 bits per heavy atom. The Morgan fingerprint density at radius 3 is 2.64 bits per heavy atom. The number of hydrogen-bond acceptors (Lipinski definition) is 4. The molecular formula is C15H15F3N4O3. The molecule has 134 valence electrons. The summed E-state index contributed by atoms with van der Waals surface area (Å²) in [5.41, 5.74) is -0.445. The predicted molar refractivity (Wildman–Crippen MR) is 86.9 cm³/mol. The maximum Gasteiger partial charge on any atom is 0.429 e. The van der Waals surface area contributed by atoms with Gasteiger partial charge < -0.3 is 10.2 Å². The molecule has 1 atom stereocenters. The van der Waals surface area contributed by atoms with Crippen molar-refractivity contribution in [2.75, 3.05) is 19.0 Å². The lowest BCUT2D eigenvalue weighted by Gasteiger charge is -2.21. The third-order valence-corrected chi connectivity index (χ3v) is 3.48. The van der Waals surface area contributed by atoms with Crippen LogP contribution in [0.15, 0.2) is 29.3 Å². The first-order chi connectivity index (χ1) is 11.6. The van der Waals surface area contributed by atoms with Crippen molar-refractivity contribution in [2.45, 2.75) is 18.6 Å². The molecule has 0 saturated carbocycles. The molecule has 10 heteroatoms. The van der Waals surface area contributed by atoms with Crippen molar-refractivity contribution in [3.8, 4) is 0 Å². The number of urea groups is 1. The van der Waals surface area contributed by atoms with Crippen LogP contribution >= 0.6 is 0 Å². The smallest absolute Gasteiger partial charge is 0.372 e. The van der Waals surface area contributed by atoms with Gasteiger partial charge in [-0.3, -0.25) is 10.1 Å². The number of anilines is 1. The summed E-state index contributed by atoms with van der Waals surface area (Å²) < 4.78 is 38.1. The predicted octanol–water partition coefficient (Wildman–Crippen LogP) is 3.16. The fourth-order valence-electron chi connectivity index (χ4n) is 2.31. The van der Waals surface area contributed by atoms with Crippen LogP contribution in [-0.4, -0.2) is 43.0 Å². The Labute approximate surface area is 141 Å². The highest BCUT2D eigenvalue weighted by Gasteiger charge is 2.39. The number of amides is 2. The van der Waals surface area contributed by atoms with Gasteiger partial charge >= 0.3 is 12.2 Å². The van der Waals surface area contributed by atoms with E-state index in [0.717, 1.165) is 0 Å². The van der Waals surface area contributed by atoms with Gasteiger partial charge in [-0.05, 0) is 11.6 Å². The molecule has 1 aliphatic heterocycles. The Morgan fingerprint density at radius 2 is 2.08 bits per heavy atom. The maximum atomic E-state index is 12.7. The van der Waals surface area contributed by atoms with Gasteiger partial charge in [0.1, 0.15) is 11.4 Å². The first-order valence-corrected chi connectivity index (χ1v) is 7.17. The molecule has 1 heterocycles. The number of nitrogens with zero attached hydrogens (tertiary/aromatic N) is 3. The molecule has 7 nitrogen and oxygen atoms in total. The van der Waals surface area contributed by atoms with Gasteiger partial charge in [-0.15, -0.1) is 0 Å². The van der Waals surface area contributed by atoms with Gasteiger partial charge in [-0.25, -0.2) is 4.79 Å². The third-order valence-electron chi connectivity index (χ3n) is 3.48. The summed E-state index contributed by atoms with van der Waals surface area (Å²) in [5.74, 6) is 0. The minimum atomic E-state index is -4.67. The third kappa shape index (κ3) is 4.55. The number of nitrogens with one attached hydrogen (secondary N) is 1. The molecule has 0 bridgehead atoms. The highest BCUT2D eigenvalue weighted by atomic mass is 19.4. The summed E-state index contributed by atoms with van der Waals surface area (Å²) in [6.45, 7) is 0. The molecule has 0 saturated heterocycles. The van der Waals surface area contributed by atoms with Gasteiger partial charge in [-0.2, -0.15) is 18.2 Å². The van der Waals surface area contributed by atoms with Gasteiger partial charge in [0.25, 0.3) is 5.69 Å². The number of carbonyl (C=O) groups is 1. The Bertz CT molecular complexity index is 757. The van der Waals surface area contributed by atoms with Crippen LogP contribution in [0.1, 0.15) is 12.0 Å². The van der Waals surface area contributed by atoms with E-state index in [4.69, 9.17) is 0 Å². The SMILES string of the molecule is CN(C)c1ccc(/C=C/C2CC(C(F)(F)F)=NC(=O)N2)cc1[N+](=O)[O-]. The summed E-state index contributed by atoms with van der Waals surface area (Å²) in [6, 6.07) is 2.49. The molecule has 25 heavy (non-hydrogen) atoms. The van der Waals surface area contributed by atoms with E-state index in [1.807, 2.05) is 0 Å². The van der Waals surface area contributed by atoms with E-state index >= 15 is 0 Å². The molecule has 2 rings (SSSR count). The second-order valence-electron chi connectivity index (χ2n) is 5.58. The molecule has 0 fully saturated rings. The minimum Gasteiger partial charge on any atom is -0.372 e. The second kappa shape index (κ2) is 6.91. The standard InChI is InChI=1S/C15H15F3N4O3/c1-21(2)11-6-4-9(7-12(11)22(24)25)3-5-10-8-13(15(16,17)18)20-14(23)19-10/h3-7,10H,8H2,1-2H3,(H,19,23)/b5-3+. The van der Waals surface area contributed by atoms with E-state index in [2.05, 4.69) is 10.3 Å². The quantitative estimate of drug-likeness (QED) is 0.663. The number of nitro groups is 1. The van der Waals surface area contributed by atoms with Crippen molar-refractivity contribution < 1.29 is 22.9 Å². The number of halogens is 3. The maximum absolute atomic E-state index is 12.7. The zero-order chi connectivity index (χ0) is 18.8. The van der Waals surface area contributed by atoms with E-state index in [1.54, 1.807) is 31.1 Å². The zero-order valence-electron chi connectivity index (χ0n) is 13.4. The van der Waals surface area contributed by atoms with Crippen molar-refractivity contribution in [1.82, 2.24) is 5.32 Å². The molecule has 0 radical (unpaired) electrons.